The highest BCUT2D eigenvalue weighted by atomic mass is 19.1. The molecular weight excluding hydrogens is 629 g/mol. The molecule has 252 valence electrons. The van der Waals surface area contributed by atoms with Gasteiger partial charge in [-0.15, -0.1) is 0 Å². The van der Waals surface area contributed by atoms with Gasteiger partial charge < -0.3 is 71.0 Å². The van der Waals surface area contributed by atoms with Gasteiger partial charge in [-0.2, -0.15) is 0 Å². The summed E-state index contributed by atoms with van der Waals surface area (Å²) < 4.78 is 25.4. The van der Waals surface area contributed by atoms with Crippen molar-refractivity contribution in [3.05, 3.63) is 64.5 Å². The summed E-state index contributed by atoms with van der Waals surface area (Å²) in [5, 5.41) is 118. The van der Waals surface area contributed by atoms with Gasteiger partial charge in [-0.3, -0.25) is 14.4 Å². The third-order valence-corrected chi connectivity index (χ3v) is 7.55. The summed E-state index contributed by atoms with van der Waals surface area (Å²) >= 11 is 0. The molecule has 1 unspecified atom stereocenters. The number of fused-ring (bicyclic) bond motifs is 1. The largest absolute Gasteiger partial charge is 0.435 e. The van der Waals surface area contributed by atoms with E-state index in [9.17, 15) is 70.6 Å². The number of hydrogen-bond acceptors (Lipinski definition) is 17. The van der Waals surface area contributed by atoms with E-state index in [0.29, 0.717) is 12.1 Å². The van der Waals surface area contributed by atoms with Gasteiger partial charge in [-0.1, -0.05) is 12.1 Å². The van der Waals surface area contributed by atoms with Gasteiger partial charge in [-0.25, -0.2) is 14.2 Å². The Kier molecular flexibility index (Phi) is 8.78. The molecule has 2 aromatic rings. The standard InChI is InChI=1S/C26H30FN3O16/c1-28-20(33)22(36,26(43,44)21(34,35)12-31)30-19(32)14-3-2-4-17(18(14)24(30,39)40)46-25(41,42)15-6-5-13(11-16(15)27)23(37,38)29-7-9-45-10-8-29/h2-6,11-12,34-44H,7-10H2,1H3,(H,28,33). The minimum Gasteiger partial charge on any atom is -0.435 e. The Labute approximate surface area is 256 Å². The fourth-order valence-corrected chi connectivity index (χ4v) is 5.07. The van der Waals surface area contributed by atoms with Gasteiger partial charge in [0.25, 0.3) is 40.9 Å². The van der Waals surface area contributed by atoms with Gasteiger partial charge in [-0.05, 0) is 24.3 Å². The molecule has 1 saturated heterocycles. The second kappa shape index (κ2) is 11.5. The summed E-state index contributed by atoms with van der Waals surface area (Å²) in [6, 6.07) is 4.58. The molecule has 2 aliphatic rings. The number of halogens is 1. The first-order chi connectivity index (χ1) is 21.1. The maximum absolute atomic E-state index is 15.2. The van der Waals surface area contributed by atoms with Crippen LogP contribution in [0, 0.1) is 5.82 Å². The molecule has 0 saturated carbocycles. The van der Waals surface area contributed by atoms with E-state index >= 15 is 4.39 Å². The van der Waals surface area contributed by atoms with Crippen LogP contribution in [0.5, 0.6) is 5.75 Å². The number of aliphatic hydroxyl groups is 11. The van der Waals surface area contributed by atoms with Crippen molar-refractivity contribution in [1.29, 1.82) is 0 Å². The summed E-state index contributed by atoms with van der Waals surface area (Å²) in [7, 11) is 0.726. The van der Waals surface area contributed by atoms with E-state index in [4.69, 9.17) is 9.47 Å². The van der Waals surface area contributed by atoms with Crippen LogP contribution in [0.25, 0.3) is 0 Å². The zero-order valence-corrected chi connectivity index (χ0v) is 23.6. The molecule has 0 aliphatic carbocycles. The molecule has 1 fully saturated rings. The Balaban J connectivity index is 1.77. The first kappa shape index (κ1) is 35.1. The predicted molar refractivity (Wildman–Crippen MR) is 140 cm³/mol. The quantitative estimate of drug-likeness (QED) is 0.0834. The lowest BCUT2D eigenvalue weighted by Gasteiger charge is -2.48. The van der Waals surface area contributed by atoms with Crippen molar-refractivity contribution in [1.82, 2.24) is 15.1 Å². The maximum atomic E-state index is 15.2. The zero-order chi connectivity index (χ0) is 34.7. The fourth-order valence-electron chi connectivity index (χ4n) is 5.07. The van der Waals surface area contributed by atoms with Crippen molar-refractivity contribution < 1.29 is 84.4 Å². The van der Waals surface area contributed by atoms with Crippen molar-refractivity contribution >= 4 is 18.1 Å². The average Bonchev–Trinajstić information content (AvgIpc) is 3.21. The van der Waals surface area contributed by atoms with Crippen molar-refractivity contribution in [3.8, 4) is 5.75 Å². The van der Waals surface area contributed by atoms with Crippen LogP contribution in [0.15, 0.2) is 36.4 Å². The molecule has 20 heteroatoms. The summed E-state index contributed by atoms with van der Waals surface area (Å²) in [6.45, 7) is 0.389. The molecule has 0 bridgehead atoms. The normalized spacial score (nSPS) is 19.0. The third-order valence-electron chi connectivity index (χ3n) is 7.55. The van der Waals surface area contributed by atoms with Crippen LogP contribution in [0.3, 0.4) is 0 Å². The van der Waals surface area contributed by atoms with E-state index in [1.807, 2.05) is 0 Å². The first-order valence-electron chi connectivity index (χ1n) is 13.1. The molecule has 2 heterocycles. The Hall–Kier alpha value is -3.74. The van der Waals surface area contributed by atoms with Crippen LogP contribution in [-0.2, 0) is 32.1 Å². The van der Waals surface area contributed by atoms with Crippen LogP contribution >= 0.6 is 0 Å². The highest BCUT2D eigenvalue weighted by molar-refractivity contribution is 6.04. The summed E-state index contributed by atoms with van der Waals surface area (Å²) in [4.78, 5) is 37.6. The van der Waals surface area contributed by atoms with Crippen LogP contribution in [0.2, 0.25) is 0 Å². The molecule has 2 aliphatic heterocycles. The second-order valence-electron chi connectivity index (χ2n) is 10.4. The van der Waals surface area contributed by atoms with E-state index < -0.39 is 91.9 Å². The van der Waals surface area contributed by atoms with Gasteiger partial charge in [0.2, 0.25) is 0 Å². The van der Waals surface area contributed by atoms with Crippen molar-refractivity contribution in [3.63, 3.8) is 0 Å². The Bertz CT molecular complexity index is 1540. The number of nitrogens with one attached hydrogen (secondary N) is 1. The summed E-state index contributed by atoms with van der Waals surface area (Å²) in [5.74, 6) is -26.3. The fraction of sp³-hybridized carbons (Fsp3) is 0.423. The molecule has 0 aromatic heterocycles. The number of likely N-dealkylation sites (N-methyl/N-ethyl adjacent to an activating group) is 1. The van der Waals surface area contributed by atoms with E-state index in [1.54, 1.807) is 5.32 Å². The van der Waals surface area contributed by atoms with E-state index in [-0.39, 0.29) is 26.3 Å². The molecule has 2 amide bonds. The Morgan fingerprint density at radius 2 is 1.63 bits per heavy atom. The van der Waals surface area contributed by atoms with Gasteiger partial charge in [0.1, 0.15) is 11.6 Å². The smallest absolute Gasteiger partial charge is 0.354 e. The molecule has 2 aromatic carbocycles. The van der Waals surface area contributed by atoms with Gasteiger partial charge in [0.05, 0.1) is 29.9 Å². The number of nitrogens with zero attached hydrogens (tertiary/aromatic N) is 2. The minimum atomic E-state index is -4.80. The lowest BCUT2D eigenvalue weighted by atomic mass is 9.91. The molecular formula is C26H30FN3O16. The zero-order valence-electron chi connectivity index (χ0n) is 23.6. The third kappa shape index (κ3) is 5.20. The lowest BCUT2D eigenvalue weighted by Crippen LogP contribution is -2.81. The molecule has 4 rings (SSSR count). The molecule has 1 atom stereocenters. The molecule has 12 N–H and O–H groups in total. The second-order valence-corrected chi connectivity index (χ2v) is 10.4. The van der Waals surface area contributed by atoms with Crippen LogP contribution in [0.4, 0.5) is 4.39 Å². The SMILES string of the molecule is CNC(=O)C(O)(N1C(=O)c2cccc(OC(O)(O)c3ccc(C(O)(O)N4CCOCC4)cc3F)c2C1(O)O)C(O)(O)C(O)(O)C=O. The topological polar surface area (TPSA) is 311 Å². The van der Waals surface area contributed by atoms with Gasteiger partial charge in [0, 0.05) is 25.7 Å². The number of hydrogen-bond donors (Lipinski definition) is 12. The molecule has 0 spiro atoms. The number of benzene rings is 2. The average molecular weight is 660 g/mol. The first-order valence-corrected chi connectivity index (χ1v) is 13.1. The van der Waals surface area contributed by atoms with Crippen LogP contribution in [0.1, 0.15) is 27.0 Å². The van der Waals surface area contributed by atoms with Crippen LogP contribution < -0.4 is 10.1 Å². The number of carbonyl (C=O) groups excluding carboxylic acids is 3. The number of rotatable bonds is 10. The number of ether oxygens (including phenoxy) is 2. The van der Waals surface area contributed by atoms with Crippen molar-refractivity contribution in [2.45, 2.75) is 35.1 Å². The highest BCUT2D eigenvalue weighted by Crippen LogP contribution is 2.48. The predicted octanol–water partition coefficient (Wildman–Crippen LogP) is -6.03. The molecule has 19 nitrogen and oxygen atoms in total. The van der Waals surface area contributed by atoms with E-state index in [1.165, 1.54) is 0 Å². The van der Waals surface area contributed by atoms with E-state index in [2.05, 4.69) is 0 Å². The number of amides is 2. The minimum absolute atomic E-state index is 0.0534. The van der Waals surface area contributed by atoms with Gasteiger partial charge in [0.15, 0.2) is 6.29 Å². The van der Waals surface area contributed by atoms with Gasteiger partial charge >= 0.3 is 5.97 Å². The molecule has 46 heavy (non-hydrogen) atoms. The Morgan fingerprint density at radius 1 is 1.02 bits per heavy atom. The van der Waals surface area contributed by atoms with E-state index in [0.717, 1.165) is 36.2 Å². The van der Waals surface area contributed by atoms with Crippen LogP contribution in [-0.4, -0.2) is 135 Å². The maximum Gasteiger partial charge on any atom is 0.354 e. The Morgan fingerprint density at radius 3 is 2.17 bits per heavy atom. The number of aldehydes is 1. The lowest BCUT2D eigenvalue weighted by molar-refractivity contribution is -0.426. The summed E-state index contributed by atoms with van der Waals surface area (Å²) in [6.07, 6.45) is -0.968. The highest BCUT2D eigenvalue weighted by Gasteiger charge is 2.75. The number of carbonyl (C=O) groups is 3. The number of morpholine rings is 1. The van der Waals surface area contributed by atoms with Crippen molar-refractivity contribution in [2.75, 3.05) is 33.4 Å². The molecule has 0 radical (unpaired) electrons. The summed E-state index contributed by atoms with van der Waals surface area (Å²) in [5.41, 5.74) is -8.20. The monoisotopic (exact) mass is 659 g/mol. The van der Waals surface area contributed by atoms with Crippen molar-refractivity contribution in [2.24, 2.45) is 0 Å².